The Hall–Kier alpha value is -2.44. The van der Waals surface area contributed by atoms with Crippen LogP contribution in [0.25, 0.3) is 0 Å². The second-order valence-corrected chi connectivity index (χ2v) is 5.96. The maximum atomic E-state index is 13.4. The fourth-order valence-corrected chi connectivity index (χ4v) is 2.29. The summed E-state index contributed by atoms with van der Waals surface area (Å²) >= 11 is 0. The summed E-state index contributed by atoms with van der Waals surface area (Å²) in [5.74, 6) is -1.26. The zero-order valence-electron chi connectivity index (χ0n) is 13.4. The molecule has 23 heavy (non-hydrogen) atoms. The quantitative estimate of drug-likeness (QED) is 0.803. The predicted octanol–water partition coefficient (Wildman–Crippen LogP) is 1.33. The molecular formula is C16H20FN3O3. The predicted molar refractivity (Wildman–Crippen MR) is 81.9 cm³/mol. The van der Waals surface area contributed by atoms with Gasteiger partial charge in [0.1, 0.15) is 18.4 Å². The molecule has 0 bridgehead atoms. The van der Waals surface area contributed by atoms with Crippen molar-refractivity contribution < 1.29 is 18.8 Å². The molecule has 0 radical (unpaired) electrons. The van der Waals surface area contributed by atoms with Gasteiger partial charge in [-0.05, 0) is 30.0 Å². The van der Waals surface area contributed by atoms with Gasteiger partial charge >= 0.3 is 6.03 Å². The van der Waals surface area contributed by atoms with E-state index in [-0.39, 0.29) is 24.8 Å². The summed E-state index contributed by atoms with van der Waals surface area (Å²) in [7, 11) is 0. The first-order chi connectivity index (χ1) is 10.8. The van der Waals surface area contributed by atoms with E-state index in [1.807, 2.05) is 13.8 Å². The monoisotopic (exact) mass is 321 g/mol. The van der Waals surface area contributed by atoms with Gasteiger partial charge in [0, 0.05) is 6.54 Å². The van der Waals surface area contributed by atoms with Gasteiger partial charge in [0.15, 0.2) is 0 Å². The Morgan fingerprint density at radius 2 is 2.09 bits per heavy atom. The van der Waals surface area contributed by atoms with Gasteiger partial charge in [-0.1, -0.05) is 26.0 Å². The second-order valence-electron chi connectivity index (χ2n) is 5.96. The number of hydrogen-bond acceptors (Lipinski definition) is 3. The van der Waals surface area contributed by atoms with Crippen LogP contribution in [-0.4, -0.2) is 35.3 Å². The number of halogens is 1. The molecule has 0 saturated carbocycles. The highest BCUT2D eigenvalue weighted by molar-refractivity contribution is 6.06. The number of imide groups is 1. The van der Waals surface area contributed by atoms with Crippen LogP contribution in [0.1, 0.15) is 25.0 Å². The molecule has 7 heteroatoms. The summed E-state index contributed by atoms with van der Waals surface area (Å²) in [4.78, 5) is 36.6. The number of rotatable bonds is 5. The van der Waals surface area contributed by atoms with Crippen molar-refractivity contribution in [2.24, 2.45) is 5.92 Å². The average Bonchev–Trinajstić information content (AvgIpc) is 2.77. The molecule has 0 unspecified atom stereocenters. The highest BCUT2D eigenvalue weighted by Gasteiger charge is 2.40. The molecule has 1 aliphatic heterocycles. The Morgan fingerprint density at radius 1 is 1.39 bits per heavy atom. The standard InChI is InChI=1S/C16H20FN3O3/c1-9(2)14-15(22)20(16(23)19-14)8-13(21)18-7-11-5-4-10(3)12(17)6-11/h4-6,9,14H,7-8H2,1-3H3,(H,18,21)(H,19,23)/t14-/m0/s1. The molecule has 2 N–H and O–H groups in total. The summed E-state index contributed by atoms with van der Waals surface area (Å²) in [6.45, 7) is 5.08. The first-order valence-corrected chi connectivity index (χ1v) is 7.43. The van der Waals surface area contributed by atoms with Gasteiger partial charge in [-0.15, -0.1) is 0 Å². The zero-order chi connectivity index (χ0) is 17.1. The molecule has 1 aliphatic rings. The molecule has 0 aliphatic carbocycles. The molecule has 1 fully saturated rings. The number of benzene rings is 1. The molecular weight excluding hydrogens is 301 g/mol. The number of nitrogens with zero attached hydrogens (tertiary/aromatic N) is 1. The number of urea groups is 1. The molecule has 1 saturated heterocycles. The summed E-state index contributed by atoms with van der Waals surface area (Å²) in [6, 6.07) is 3.52. The summed E-state index contributed by atoms with van der Waals surface area (Å²) in [5.41, 5.74) is 1.14. The van der Waals surface area contributed by atoms with Gasteiger partial charge in [0.05, 0.1) is 0 Å². The van der Waals surface area contributed by atoms with Crippen LogP contribution < -0.4 is 10.6 Å². The largest absolute Gasteiger partial charge is 0.350 e. The molecule has 1 aromatic carbocycles. The third-order valence-corrected chi connectivity index (χ3v) is 3.75. The molecule has 4 amide bonds. The van der Waals surface area contributed by atoms with Crippen LogP contribution in [0.4, 0.5) is 9.18 Å². The van der Waals surface area contributed by atoms with Crippen molar-refractivity contribution in [1.29, 1.82) is 0 Å². The van der Waals surface area contributed by atoms with E-state index in [0.717, 1.165) is 4.90 Å². The third kappa shape index (κ3) is 3.85. The van der Waals surface area contributed by atoms with E-state index < -0.39 is 23.9 Å². The molecule has 1 atom stereocenters. The van der Waals surface area contributed by atoms with Crippen LogP contribution >= 0.6 is 0 Å². The fraction of sp³-hybridized carbons (Fsp3) is 0.438. The Morgan fingerprint density at radius 3 is 2.65 bits per heavy atom. The maximum absolute atomic E-state index is 13.4. The normalized spacial score (nSPS) is 17.6. The van der Waals surface area contributed by atoms with Crippen LogP contribution in [0.2, 0.25) is 0 Å². The zero-order valence-corrected chi connectivity index (χ0v) is 13.4. The number of amides is 4. The van der Waals surface area contributed by atoms with Gasteiger partial charge in [0.25, 0.3) is 5.91 Å². The minimum Gasteiger partial charge on any atom is -0.350 e. The highest BCUT2D eigenvalue weighted by Crippen LogP contribution is 2.13. The van der Waals surface area contributed by atoms with Crippen LogP contribution in [0, 0.1) is 18.7 Å². The van der Waals surface area contributed by atoms with Gasteiger partial charge < -0.3 is 10.6 Å². The molecule has 0 aromatic heterocycles. The number of aryl methyl sites for hydroxylation is 1. The summed E-state index contributed by atoms with van der Waals surface area (Å²) in [6.07, 6.45) is 0. The Bertz CT molecular complexity index is 645. The van der Waals surface area contributed by atoms with Crippen molar-refractivity contribution in [2.45, 2.75) is 33.4 Å². The lowest BCUT2D eigenvalue weighted by Crippen LogP contribution is -2.41. The SMILES string of the molecule is Cc1ccc(CNC(=O)CN2C(=O)N[C@@H](C(C)C)C2=O)cc1F. The van der Waals surface area contributed by atoms with Gasteiger partial charge in [-0.2, -0.15) is 0 Å². The van der Waals surface area contributed by atoms with E-state index in [1.54, 1.807) is 19.1 Å². The van der Waals surface area contributed by atoms with Crippen LogP contribution in [0.5, 0.6) is 0 Å². The lowest BCUT2D eigenvalue weighted by molar-refractivity contribution is -0.132. The Labute approximate surface area is 134 Å². The van der Waals surface area contributed by atoms with Gasteiger partial charge in [0.2, 0.25) is 5.91 Å². The van der Waals surface area contributed by atoms with Crippen LogP contribution in [-0.2, 0) is 16.1 Å². The third-order valence-electron chi connectivity index (χ3n) is 3.75. The van der Waals surface area contributed by atoms with Crippen molar-refractivity contribution in [2.75, 3.05) is 6.54 Å². The molecule has 1 aromatic rings. The lowest BCUT2D eigenvalue weighted by atomic mass is 10.1. The van der Waals surface area contributed by atoms with E-state index in [0.29, 0.717) is 11.1 Å². The molecule has 6 nitrogen and oxygen atoms in total. The van der Waals surface area contributed by atoms with Gasteiger partial charge in [-0.3, -0.25) is 14.5 Å². The van der Waals surface area contributed by atoms with Crippen molar-refractivity contribution in [3.63, 3.8) is 0 Å². The minimum atomic E-state index is -0.596. The van der Waals surface area contributed by atoms with Gasteiger partial charge in [-0.25, -0.2) is 9.18 Å². The summed E-state index contributed by atoms with van der Waals surface area (Å²) in [5, 5.41) is 5.13. The first kappa shape index (κ1) is 16.9. The molecule has 124 valence electrons. The maximum Gasteiger partial charge on any atom is 0.325 e. The van der Waals surface area contributed by atoms with E-state index in [4.69, 9.17) is 0 Å². The van der Waals surface area contributed by atoms with E-state index in [2.05, 4.69) is 10.6 Å². The molecule has 2 rings (SSSR count). The highest BCUT2D eigenvalue weighted by atomic mass is 19.1. The number of hydrogen-bond donors (Lipinski definition) is 2. The van der Waals surface area contributed by atoms with E-state index >= 15 is 0 Å². The Kier molecular flexibility index (Phi) is 4.98. The minimum absolute atomic E-state index is 0.0463. The number of carbonyl (C=O) groups excluding carboxylic acids is 3. The van der Waals surface area contributed by atoms with Crippen molar-refractivity contribution >= 4 is 17.8 Å². The Balaban J connectivity index is 1.91. The molecule has 0 spiro atoms. The van der Waals surface area contributed by atoms with Crippen molar-refractivity contribution in [3.05, 3.63) is 35.1 Å². The van der Waals surface area contributed by atoms with E-state index in [9.17, 15) is 18.8 Å². The van der Waals surface area contributed by atoms with Crippen molar-refractivity contribution in [1.82, 2.24) is 15.5 Å². The smallest absolute Gasteiger partial charge is 0.325 e. The average molecular weight is 321 g/mol. The first-order valence-electron chi connectivity index (χ1n) is 7.43. The number of carbonyl (C=O) groups is 3. The topological polar surface area (TPSA) is 78.5 Å². The lowest BCUT2D eigenvalue weighted by Gasteiger charge is -2.14. The van der Waals surface area contributed by atoms with Crippen molar-refractivity contribution in [3.8, 4) is 0 Å². The second kappa shape index (κ2) is 6.76. The molecule has 1 heterocycles. The van der Waals surface area contributed by atoms with Crippen LogP contribution in [0.15, 0.2) is 18.2 Å². The fourth-order valence-electron chi connectivity index (χ4n) is 2.29. The van der Waals surface area contributed by atoms with Crippen LogP contribution in [0.3, 0.4) is 0 Å². The number of nitrogens with one attached hydrogen (secondary N) is 2. The summed E-state index contributed by atoms with van der Waals surface area (Å²) < 4.78 is 13.4. The van der Waals surface area contributed by atoms with E-state index in [1.165, 1.54) is 6.07 Å².